The van der Waals surface area contributed by atoms with Gasteiger partial charge in [0.05, 0.1) is 6.04 Å². The highest BCUT2D eigenvalue weighted by molar-refractivity contribution is 5.74. The molecule has 1 aromatic rings. The van der Waals surface area contributed by atoms with E-state index in [1.807, 2.05) is 6.07 Å². The Balaban J connectivity index is 2.38. The molecule has 80 valence electrons. The van der Waals surface area contributed by atoms with E-state index in [9.17, 15) is 4.79 Å². The Bertz CT molecular complexity index is 395. The lowest BCUT2D eigenvalue weighted by Gasteiger charge is -2.28. The number of amides is 1. The summed E-state index contributed by atoms with van der Waals surface area (Å²) in [5.74, 6) is 0.0461. The number of fused-ring (bicyclic) bond motifs is 1. The molecule has 2 heteroatoms. The Morgan fingerprint density at radius 1 is 1.40 bits per heavy atom. The first-order chi connectivity index (χ1) is 7.00. The highest BCUT2D eigenvalue weighted by atomic mass is 16.1. The third-order valence-corrected chi connectivity index (χ3v) is 3.14. The lowest BCUT2D eigenvalue weighted by Crippen LogP contribution is -2.34. The van der Waals surface area contributed by atoms with E-state index in [4.69, 9.17) is 0 Å². The van der Waals surface area contributed by atoms with Gasteiger partial charge in [-0.05, 0) is 23.0 Å². The summed E-state index contributed by atoms with van der Waals surface area (Å²) in [6.45, 7) is 5.98. The first kappa shape index (κ1) is 10.2. The van der Waals surface area contributed by atoms with Crippen molar-refractivity contribution in [2.75, 3.05) is 0 Å². The minimum atomic E-state index is 0.0461. The maximum atomic E-state index is 11.2. The SMILES string of the molecule is CC(=O)NC1c2ccccc2CC1(C)C. The van der Waals surface area contributed by atoms with Crippen molar-refractivity contribution < 1.29 is 4.79 Å². The zero-order valence-corrected chi connectivity index (χ0v) is 9.50. The van der Waals surface area contributed by atoms with Crippen LogP contribution in [0.15, 0.2) is 24.3 Å². The van der Waals surface area contributed by atoms with Crippen molar-refractivity contribution in [3.05, 3.63) is 35.4 Å². The summed E-state index contributed by atoms with van der Waals surface area (Å²) in [5.41, 5.74) is 2.76. The average molecular weight is 203 g/mol. The lowest BCUT2D eigenvalue weighted by molar-refractivity contribution is -0.120. The van der Waals surface area contributed by atoms with Gasteiger partial charge in [0.15, 0.2) is 0 Å². The topological polar surface area (TPSA) is 29.1 Å². The molecule has 2 rings (SSSR count). The molecule has 0 fully saturated rings. The van der Waals surface area contributed by atoms with Crippen LogP contribution >= 0.6 is 0 Å². The van der Waals surface area contributed by atoms with Gasteiger partial charge in [-0.25, -0.2) is 0 Å². The number of nitrogens with one attached hydrogen (secondary N) is 1. The standard InChI is InChI=1S/C13H17NO/c1-9(15)14-12-11-7-5-4-6-10(11)8-13(12,2)3/h4-7,12H,8H2,1-3H3,(H,14,15). The molecule has 0 aliphatic heterocycles. The monoisotopic (exact) mass is 203 g/mol. The van der Waals surface area contributed by atoms with Crippen LogP contribution in [0.4, 0.5) is 0 Å². The molecule has 2 nitrogen and oxygen atoms in total. The van der Waals surface area contributed by atoms with Gasteiger partial charge in [-0.15, -0.1) is 0 Å². The van der Waals surface area contributed by atoms with E-state index in [1.54, 1.807) is 6.92 Å². The summed E-state index contributed by atoms with van der Waals surface area (Å²) < 4.78 is 0. The zero-order chi connectivity index (χ0) is 11.1. The van der Waals surface area contributed by atoms with Crippen LogP contribution in [-0.2, 0) is 11.2 Å². The average Bonchev–Trinajstić information content (AvgIpc) is 2.37. The minimum Gasteiger partial charge on any atom is -0.349 e. The molecule has 1 aliphatic rings. The summed E-state index contributed by atoms with van der Waals surface area (Å²) in [6, 6.07) is 8.52. The summed E-state index contributed by atoms with van der Waals surface area (Å²) in [5, 5.41) is 3.05. The van der Waals surface area contributed by atoms with E-state index in [0.29, 0.717) is 0 Å². The smallest absolute Gasteiger partial charge is 0.217 e. The summed E-state index contributed by atoms with van der Waals surface area (Å²) in [7, 11) is 0. The van der Waals surface area contributed by atoms with E-state index in [-0.39, 0.29) is 17.4 Å². The Hall–Kier alpha value is -1.31. The number of hydrogen-bond donors (Lipinski definition) is 1. The van der Waals surface area contributed by atoms with Crippen LogP contribution in [0.2, 0.25) is 0 Å². The second kappa shape index (κ2) is 3.37. The van der Waals surface area contributed by atoms with Gasteiger partial charge in [0.2, 0.25) is 5.91 Å². The van der Waals surface area contributed by atoms with Crippen LogP contribution in [0.1, 0.15) is 37.9 Å². The van der Waals surface area contributed by atoms with Crippen LogP contribution in [0, 0.1) is 5.41 Å². The molecule has 1 atom stereocenters. The van der Waals surface area contributed by atoms with Crippen molar-refractivity contribution in [2.24, 2.45) is 5.41 Å². The fourth-order valence-electron chi connectivity index (χ4n) is 2.47. The largest absolute Gasteiger partial charge is 0.349 e. The van der Waals surface area contributed by atoms with Gasteiger partial charge in [-0.2, -0.15) is 0 Å². The molecule has 1 aromatic carbocycles. The van der Waals surface area contributed by atoms with E-state index in [0.717, 1.165) is 6.42 Å². The van der Waals surface area contributed by atoms with Crippen molar-refractivity contribution in [2.45, 2.75) is 33.2 Å². The first-order valence-electron chi connectivity index (χ1n) is 5.35. The highest BCUT2D eigenvalue weighted by Crippen LogP contribution is 2.44. The molecule has 1 amide bonds. The van der Waals surface area contributed by atoms with Crippen molar-refractivity contribution in [3.8, 4) is 0 Å². The Morgan fingerprint density at radius 2 is 2.07 bits per heavy atom. The Kier molecular flexibility index (Phi) is 2.29. The first-order valence-corrected chi connectivity index (χ1v) is 5.35. The van der Waals surface area contributed by atoms with Crippen LogP contribution in [-0.4, -0.2) is 5.91 Å². The van der Waals surface area contributed by atoms with Crippen LogP contribution in [0.5, 0.6) is 0 Å². The van der Waals surface area contributed by atoms with Crippen LogP contribution in [0.3, 0.4) is 0 Å². The normalized spacial score (nSPS) is 22.2. The molecule has 1 unspecified atom stereocenters. The maximum Gasteiger partial charge on any atom is 0.217 e. The summed E-state index contributed by atoms with van der Waals surface area (Å²) in [4.78, 5) is 11.2. The molecular weight excluding hydrogens is 186 g/mol. The molecule has 15 heavy (non-hydrogen) atoms. The number of carbonyl (C=O) groups is 1. The molecule has 0 radical (unpaired) electrons. The number of rotatable bonds is 1. The van der Waals surface area contributed by atoms with Crippen molar-refractivity contribution in [1.29, 1.82) is 0 Å². The van der Waals surface area contributed by atoms with Crippen molar-refractivity contribution >= 4 is 5.91 Å². The van der Waals surface area contributed by atoms with Gasteiger partial charge in [0.25, 0.3) is 0 Å². The van der Waals surface area contributed by atoms with Crippen LogP contribution in [0.25, 0.3) is 0 Å². The Morgan fingerprint density at radius 3 is 2.73 bits per heavy atom. The minimum absolute atomic E-state index is 0.0461. The second-order valence-electron chi connectivity index (χ2n) is 5.00. The Labute approximate surface area is 90.7 Å². The van der Waals surface area contributed by atoms with Gasteiger partial charge in [0.1, 0.15) is 0 Å². The van der Waals surface area contributed by atoms with Gasteiger partial charge in [-0.3, -0.25) is 4.79 Å². The fourth-order valence-corrected chi connectivity index (χ4v) is 2.47. The fraction of sp³-hybridized carbons (Fsp3) is 0.462. The third kappa shape index (κ3) is 1.76. The molecule has 0 spiro atoms. The molecule has 1 N–H and O–H groups in total. The number of benzene rings is 1. The van der Waals surface area contributed by atoms with E-state index in [2.05, 4.69) is 37.4 Å². The highest BCUT2D eigenvalue weighted by Gasteiger charge is 2.38. The lowest BCUT2D eigenvalue weighted by atomic mass is 9.85. The summed E-state index contributed by atoms with van der Waals surface area (Å²) in [6.07, 6.45) is 1.04. The van der Waals surface area contributed by atoms with Crippen molar-refractivity contribution in [3.63, 3.8) is 0 Å². The van der Waals surface area contributed by atoms with Gasteiger partial charge < -0.3 is 5.32 Å². The predicted octanol–water partition coefficient (Wildman–Crippen LogP) is 2.45. The van der Waals surface area contributed by atoms with Gasteiger partial charge in [-0.1, -0.05) is 38.1 Å². The zero-order valence-electron chi connectivity index (χ0n) is 9.50. The quantitative estimate of drug-likeness (QED) is 0.746. The molecule has 0 aromatic heterocycles. The number of carbonyl (C=O) groups excluding carboxylic acids is 1. The van der Waals surface area contributed by atoms with Crippen molar-refractivity contribution in [1.82, 2.24) is 5.32 Å². The second-order valence-corrected chi connectivity index (χ2v) is 5.00. The maximum absolute atomic E-state index is 11.2. The molecule has 0 heterocycles. The van der Waals surface area contributed by atoms with E-state index in [1.165, 1.54) is 11.1 Å². The molecule has 0 saturated heterocycles. The third-order valence-electron chi connectivity index (χ3n) is 3.14. The van der Waals surface area contributed by atoms with Crippen LogP contribution < -0.4 is 5.32 Å². The van der Waals surface area contributed by atoms with Gasteiger partial charge in [0, 0.05) is 6.92 Å². The predicted molar refractivity (Wildman–Crippen MR) is 60.5 cm³/mol. The molecule has 1 aliphatic carbocycles. The summed E-state index contributed by atoms with van der Waals surface area (Å²) >= 11 is 0. The van der Waals surface area contributed by atoms with Gasteiger partial charge >= 0.3 is 0 Å². The molecular formula is C13H17NO. The van der Waals surface area contributed by atoms with E-state index >= 15 is 0 Å². The number of hydrogen-bond acceptors (Lipinski definition) is 1. The molecule has 0 saturated carbocycles. The molecule has 0 bridgehead atoms. The van der Waals surface area contributed by atoms with E-state index < -0.39 is 0 Å².